The molecule has 5 nitrogen and oxygen atoms in total. The topological polar surface area (TPSA) is 68.4 Å². The van der Waals surface area contributed by atoms with E-state index in [1.54, 1.807) is 31.2 Å². The maximum absolute atomic E-state index is 12.8. The van der Waals surface area contributed by atoms with Crippen LogP contribution in [0, 0.1) is 6.92 Å². The van der Waals surface area contributed by atoms with Gasteiger partial charge in [-0.2, -0.15) is 0 Å². The van der Waals surface area contributed by atoms with Crippen LogP contribution in [0.1, 0.15) is 33.3 Å². The Morgan fingerprint density at radius 3 is 2.48 bits per heavy atom. The molecule has 0 fully saturated rings. The van der Waals surface area contributed by atoms with Crippen LogP contribution in [0.4, 0.5) is 0 Å². The Morgan fingerprint density at radius 2 is 1.72 bits per heavy atom. The van der Waals surface area contributed by atoms with Crippen molar-refractivity contribution in [2.45, 2.75) is 20.0 Å². The highest BCUT2D eigenvalue weighted by molar-refractivity contribution is 6.11. The second kappa shape index (κ2) is 6.81. The molecule has 1 atom stereocenters. The number of ketones is 1. The number of carbonyl (C=O) groups is 2. The predicted octanol–water partition coefficient (Wildman–Crippen LogP) is 3.91. The number of ether oxygens (including phenoxy) is 2. The van der Waals surface area contributed by atoms with E-state index < -0.39 is 12.1 Å². The molecular weight excluding hydrogens is 318 g/mol. The molecule has 0 unspecified atom stereocenters. The van der Waals surface area contributed by atoms with Gasteiger partial charge in [-0.05, 0) is 32.0 Å². The predicted molar refractivity (Wildman–Crippen MR) is 95.2 cm³/mol. The minimum atomic E-state index is -0.907. The van der Waals surface area contributed by atoms with Crippen LogP contribution in [-0.2, 0) is 4.74 Å². The molecule has 0 amide bonds. The van der Waals surface area contributed by atoms with E-state index in [-0.39, 0.29) is 5.78 Å². The van der Waals surface area contributed by atoms with Crippen molar-refractivity contribution >= 4 is 22.7 Å². The van der Waals surface area contributed by atoms with Gasteiger partial charge in [-0.15, -0.1) is 0 Å². The van der Waals surface area contributed by atoms with Crippen LogP contribution < -0.4 is 4.74 Å². The highest BCUT2D eigenvalue weighted by atomic mass is 16.5. The van der Waals surface area contributed by atoms with Crippen LogP contribution >= 0.6 is 0 Å². The van der Waals surface area contributed by atoms with E-state index in [1.165, 1.54) is 7.11 Å². The fraction of sp³-hybridized carbons (Fsp3) is 0.200. The van der Waals surface area contributed by atoms with Crippen molar-refractivity contribution in [3.63, 3.8) is 0 Å². The zero-order chi connectivity index (χ0) is 18.0. The third-order valence-electron chi connectivity index (χ3n) is 4.12. The second-order valence-corrected chi connectivity index (χ2v) is 5.78. The number of Topliss-reactive ketones (excluding diaryl/α,β-unsaturated/α-hetero) is 1. The number of benzene rings is 2. The lowest BCUT2D eigenvalue weighted by Crippen LogP contribution is -2.25. The number of fused-ring (bicyclic) bond motifs is 1. The number of aromatic amines is 1. The van der Waals surface area contributed by atoms with E-state index in [1.807, 2.05) is 31.2 Å². The quantitative estimate of drug-likeness (QED) is 0.566. The lowest BCUT2D eigenvalue weighted by atomic mass is 10.0. The van der Waals surface area contributed by atoms with Crippen LogP contribution in [-0.4, -0.2) is 30.0 Å². The first-order valence-electron chi connectivity index (χ1n) is 7.98. The Morgan fingerprint density at radius 1 is 1.04 bits per heavy atom. The molecule has 1 N–H and O–H groups in total. The molecule has 1 aromatic heterocycles. The molecule has 0 aliphatic rings. The van der Waals surface area contributed by atoms with Crippen molar-refractivity contribution in [1.82, 2.24) is 4.98 Å². The molecular formula is C20H19NO4. The van der Waals surface area contributed by atoms with Gasteiger partial charge in [0.05, 0.1) is 7.11 Å². The molecule has 25 heavy (non-hydrogen) atoms. The molecule has 1 heterocycles. The summed E-state index contributed by atoms with van der Waals surface area (Å²) in [6.45, 7) is 3.42. The first-order valence-corrected chi connectivity index (χ1v) is 7.98. The highest BCUT2D eigenvalue weighted by Crippen LogP contribution is 2.25. The largest absolute Gasteiger partial charge is 0.496 e. The van der Waals surface area contributed by atoms with Crippen LogP contribution in [0.15, 0.2) is 48.5 Å². The van der Waals surface area contributed by atoms with Gasteiger partial charge in [-0.25, -0.2) is 4.79 Å². The maximum Gasteiger partial charge on any atom is 0.342 e. The number of aromatic nitrogens is 1. The van der Waals surface area contributed by atoms with Crippen molar-refractivity contribution in [3.05, 3.63) is 65.4 Å². The first-order chi connectivity index (χ1) is 12.0. The Labute approximate surface area is 145 Å². The number of nitrogens with one attached hydrogen (secondary N) is 1. The standard InChI is InChI=1S/C20H19NO4/c1-12-18(14-8-4-6-10-16(14)21-12)19(22)13(2)25-20(23)15-9-5-7-11-17(15)24-3/h4-11,13,21H,1-3H3/t13-/m0/s1. The summed E-state index contributed by atoms with van der Waals surface area (Å²) in [5.41, 5.74) is 2.48. The number of hydrogen-bond donors (Lipinski definition) is 1. The minimum Gasteiger partial charge on any atom is -0.496 e. The van der Waals surface area contributed by atoms with Gasteiger partial charge in [0, 0.05) is 22.2 Å². The molecule has 2 aromatic carbocycles. The molecule has 3 aromatic rings. The maximum atomic E-state index is 12.8. The molecule has 0 saturated carbocycles. The fourth-order valence-electron chi connectivity index (χ4n) is 2.89. The Balaban J connectivity index is 1.85. The van der Waals surface area contributed by atoms with Crippen molar-refractivity contribution in [1.29, 1.82) is 0 Å². The van der Waals surface area contributed by atoms with Crippen LogP contribution in [0.2, 0.25) is 0 Å². The molecule has 0 aliphatic heterocycles. The Hall–Kier alpha value is -3.08. The van der Waals surface area contributed by atoms with Crippen molar-refractivity contribution in [2.24, 2.45) is 0 Å². The lowest BCUT2D eigenvalue weighted by molar-refractivity contribution is 0.0316. The zero-order valence-corrected chi connectivity index (χ0v) is 14.3. The van der Waals surface area contributed by atoms with Gasteiger partial charge in [0.2, 0.25) is 5.78 Å². The molecule has 0 radical (unpaired) electrons. The van der Waals surface area contributed by atoms with E-state index in [0.29, 0.717) is 16.9 Å². The number of H-pyrrole nitrogens is 1. The number of carbonyl (C=O) groups excluding carboxylic acids is 2. The van der Waals surface area contributed by atoms with Gasteiger partial charge in [0.15, 0.2) is 6.10 Å². The van der Waals surface area contributed by atoms with Gasteiger partial charge in [0.1, 0.15) is 11.3 Å². The molecule has 5 heteroatoms. The average Bonchev–Trinajstić information content (AvgIpc) is 2.96. The van der Waals surface area contributed by atoms with Gasteiger partial charge < -0.3 is 14.5 Å². The number of aryl methyl sites for hydroxylation is 1. The smallest absolute Gasteiger partial charge is 0.342 e. The van der Waals surface area contributed by atoms with Gasteiger partial charge >= 0.3 is 5.97 Å². The van der Waals surface area contributed by atoms with Crippen molar-refractivity contribution in [2.75, 3.05) is 7.11 Å². The second-order valence-electron chi connectivity index (χ2n) is 5.78. The van der Waals surface area contributed by atoms with Gasteiger partial charge in [0.25, 0.3) is 0 Å². The molecule has 0 bridgehead atoms. The first kappa shape index (κ1) is 16.8. The summed E-state index contributed by atoms with van der Waals surface area (Å²) in [6, 6.07) is 14.3. The minimum absolute atomic E-state index is 0.238. The summed E-state index contributed by atoms with van der Waals surface area (Å²) >= 11 is 0. The van der Waals surface area contributed by atoms with E-state index in [9.17, 15) is 9.59 Å². The van der Waals surface area contributed by atoms with Crippen molar-refractivity contribution in [3.8, 4) is 5.75 Å². The van der Waals surface area contributed by atoms with E-state index >= 15 is 0 Å². The Bertz CT molecular complexity index is 942. The SMILES string of the molecule is COc1ccccc1C(=O)O[C@@H](C)C(=O)c1c(C)[nH]c2ccccc12. The molecule has 0 saturated heterocycles. The summed E-state index contributed by atoms with van der Waals surface area (Å²) in [5.74, 6) is -0.413. The van der Waals surface area contributed by atoms with E-state index in [0.717, 1.165) is 16.6 Å². The normalized spacial score (nSPS) is 12.0. The van der Waals surface area contributed by atoms with Gasteiger partial charge in [-0.1, -0.05) is 30.3 Å². The summed E-state index contributed by atoms with van der Waals surface area (Å²) < 4.78 is 10.6. The van der Waals surface area contributed by atoms with Crippen molar-refractivity contribution < 1.29 is 19.1 Å². The number of methoxy groups -OCH3 is 1. The summed E-state index contributed by atoms with van der Waals surface area (Å²) in [7, 11) is 1.48. The van der Waals surface area contributed by atoms with Gasteiger partial charge in [-0.3, -0.25) is 4.79 Å². The monoisotopic (exact) mass is 337 g/mol. The van der Waals surface area contributed by atoms with Crippen LogP contribution in [0.5, 0.6) is 5.75 Å². The lowest BCUT2D eigenvalue weighted by Gasteiger charge is -2.14. The molecule has 0 spiro atoms. The van der Waals surface area contributed by atoms with Crippen LogP contribution in [0.3, 0.4) is 0 Å². The summed E-state index contributed by atoms with van der Waals surface area (Å²) in [4.78, 5) is 28.4. The summed E-state index contributed by atoms with van der Waals surface area (Å²) in [6.07, 6.45) is -0.907. The molecule has 128 valence electrons. The third-order valence-corrected chi connectivity index (χ3v) is 4.12. The molecule has 3 rings (SSSR count). The number of rotatable bonds is 5. The highest BCUT2D eigenvalue weighted by Gasteiger charge is 2.25. The zero-order valence-electron chi connectivity index (χ0n) is 14.3. The summed E-state index contributed by atoms with van der Waals surface area (Å²) in [5, 5.41) is 0.824. The number of esters is 1. The fourth-order valence-corrected chi connectivity index (χ4v) is 2.89. The number of para-hydroxylation sites is 2. The number of hydrogen-bond acceptors (Lipinski definition) is 4. The third kappa shape index (κ3) is 3.13. The van der Waals surface area contributed by atoms with Crippen LogP contribution in [0.25, 0.3) is 10.9 Å². The Kier molecular flexibility index (Phi) is 4.57. The van der Waals surface area contributed by atoms with E-state index in [2.05, 4.69) is 4.98 Å². The van der Waals surface area contributed by atoms with E-state index in [4.69, 9.17) is 9.47 Å². The average molecular weight is 337 g/mol. The molecule has 0 aliphatic carbocycles.